The zero-order valence-electron chi connectivity index (χ0n) is 12.2. The van der Waals surface area contributed by atoms with Crippen molar-refractivity contribution in [3.63, 3.8) is 0 Å². The van der Waals surface area contributed by atoms with Crippen molar-refractivity contribution in [3.8, 4) is 17.0 Å². The number of nitrogens with zero attached hydrogens (tertiary/aromatic N) is 2. The second-order valence-electron chi connectivity index (χ2n) is 5.15. The van der Waals surface area contributed by atoms with Crippen molar-refractivity contribution in [1.82, 2.24) is 9.78 Å². The molecule has 3 rings (SSSR count). The van der Waals surface area contributed by atoms with Crippen LogP contribution in [0.1, 0.15) is 18.4 Å². The third kappa shape index (κ3) is 2.64. The zero-order chi connectivity index (χ0) is 15.7. The van der Waals surface area contributed by atoms with Crippen molar-refractivity contribution in [3.05, 3.63) is 28.8 Å². The number of halogens is 1. The Morgan fingerprint density at radius 3 is 3.00 bits per heavy atom. The second kappa shape index (κ2) is 6.14. The minimum absolute atomic E-state index is 0.220. The minimum atomic E-state index is 0.220. The summed E-state index contributed by atoms with van der Waals surface area (Å²) < 4.78 is 7.04. The summed E-state index contributed by atoms with van der Waals surface area (Å²) in [6, 6.07) is 5.50. The van der Waals surface area contributed by atoms with Crippen LogP contribution in [0.2, 0.25) is 5.02 Å². The molecular formula is C15H17ClN4OS. The molecule has 22 heavy (non-hydrogen) atoms. The zero-order valence-corrected chi connectivity index (χ0v) is 13.8. The van der Waals surface area contributed by atoms with E-state index in [0.717, 1.165) is 54.2 Å². The first-order valence-electron chi connectivity index (χ1n) is 7.11. The molecule has 1 aromatic heterocycles. The number of rotatable bonds is 2. The van der Waals surface area contributed by atoms with Gasteiger partial charge in [0.1, 0.15) is 17.3 Å². The van der Waals surface area contributed by atoms with E-state index < -0.39 is 0 Å². The number of fused-ring (bicyclic) bond motifs is 1. The van der Waals surface area contributed by atoms with Gasteiger partial charge in [0, 0.05) is 22.7 Å². The van der Waals surface area contributed by atoms with Gasteiger partial charge in [-0.2, -0.15) is 9.78 Å². The van der Waals surface area contributed by atoms with E-state index in [2.05, 4.69) is 10.4 Å². The largest absolute Gasteiger partial charge is 0.496 e. The van der Waals surface area contributed by atoms with Gasteiger partial charge in [0.05, 0.1) is 7.11 Å². The highest BCUT2D eigenvalue weighted by molar-refractivity contribution is 7.80. The van der Waals surface area contributed by atoms with Crippen LogP contribution in [0.15, 0.2) is 18.2 Å². The molecule has 0 unspecified atom stereocenters. The summed E-state index contributed by atoms with van der Waals surface area (Å²) in [4.78, 5) is 0. The summed E-state index contributed by atoms with van der Waals surface area (Å²) in [7, 11) is 1.63. The number of nitrogens with two attached hydrogens (primary N) is 1. The summed E-state index contributed by atoms with van der Waals surface area (Å²) in [5, 5.41) is 8.83. The molecule has 0 bridgehead atoms. The molecule has 1 aromatic carbocycles. The minimum Gasteiger partial charge on any atom is -0.496 e. The lowest BCUT2D eigenvalue weighted by atomic mass is 10.0. The van der Waals surface area contributed by atoms with E-state index in [-0.39, 0.29) is 5.11 Å². The Kier molecular flexibility index (Phi) is 4.22. The lowest BCUT2D eigenvalue weighted by molar-refractivity contribution is 0.416. The number of hydrogen-bond acceptors (Lipinski definition) is 4. The number of hydrogen-bond donors (Lipinski definition) is 2. The van der Waals surface area contributed by atoms with E-state index in [9.17, 15) is 0 Å². The molecule has 0 fully saturated rings. The van der Waals surface area contributed by atoms with E-state index in [1.165, 1.54) is 0 Å². The van der Waals surface area contributed by atoms with Gasteiger partial charge in [-0.15, -0.1) is 0 Å². The molecule has 0 aliphatic carbocycles. The van der Waals surface area contributed by atoms with Crippen LogP contribution in [-0.2, 0) is 6.42 Å². The van der Waals surface area contributed by atoms with Crippen molar-refractivity contribution in [1.29, 1.82) is 0 Å². The molecule has 0 saturated heterocycles. The van der Waals surface area contributed by atoms with Crippen molar-refractivity contribution >= 4 is 34.7 Å². The van der Waals surface area contributed by atoms with Crippen LogP contribution in [0.3, 0.4) is 0 Å². The molecule has 0 spiro atoms. The molecule has 0 saturated carbocycles. The molecule has 0 radical (unpaired) electrons. The SMILES string of the molecule is COc1ccc(Cl)cc1-c1nn(C(N)=S)c2c1CCCCN2. The quantitative estimate of drug-likeness (QED) is 0.825. The molecule has 2 heterocycles. The maximum Gasteiger partial charge on any atom is 0.193 e. The van der Waals surface area contributed by atoms with Crippen LogP contribution < -0.4 is 15.8 Å². The Morgan fingerprint density at radius 1 is 1.45 bits per heavy atom. The first-order valence-corrected chi connectivity index (χ1v) is 7.90. The van der Waals surface area contributed by atoms with Gasteiger partial charge in [0.15, 0.2) is 5.11 Å². The van der Waals surface area contributed by atoms with Gasteiger partial charge < -0.3 is 15.8 Å². The van der Waals surface area contributed by atoms with Crippen molar-refractivity contribution in [2.75, 3.05) is 19.0 Å². The first-order chi connectivity index (χ1) is 10.6. The Labute approximate surface area is 139 Å². The van der Waals surface area contributed by atoms with E-state index in [4.69, 9.17) is 34.3 Å². The van der Waals surface area contributed by atoms with Gasteiger partial charge in [0.25, 0.3) is 0 Å². The summed E-state index contributed by atoms with van der Waals surface area (Å²) in [5.41, 5.74) is 8.59. The molecular weight excluding hydrogens is 320 g/mol. The molecule has 116 valence electrons. The Morgan fingerprint density at radius 2 is 2.27 bits per heavy atom. The monoisotopic (exact) mass is 336 g/mol. The number of ether oxygens (including phenoxy) is 1. The molecule has 7 heteroatoms. The average molecular weight is 337 g/mol. The summed E-state index contributed by atoms with van der Waals surface area (Å²) in [6.07, 6.45) is 3.09. The fourth-order valence-corrected chi connectivity index (χ4v) is 3.05. The summed E-state index contributed by atoms with van der Waals surface area (Å²) in [6.45, 7) is 0.882. The highest BCUT2D eigenvalue weighted by Crippen LogP contribution is 2.38. The maximum absolute atomic E-state index is 6.15. The molecule has 1 aliphatic heterocycles. The molecule has 1 aliphatic rings. The van der Waals surface area contributed by atoms with Crippen LogP contribution in [0.25, 0.3) is 11.3 Å². The average Bonchev–Trinajstić information content (AvgIpc) is 2.69. The Bertz CT molecular complexity index is 729. The highest BCUT2D eigenvalue weighted by atomic mass is 35.5. The third-order valence-corrected chi connectivity index (χ3v) is 4.16. The van der Waals surface area contributed by atoms with E-state index in [0.29, 0.717) is 5.02 Å². The molecule has 3 N–H and O–H groups in total. The smallest absolute Gasteiger partial charge is 0.193 e. The fourth-order valence-electron chi connectivity index (χ4n) is 2.74. The number of anilines is 1. The van der Waals surface area contributed by atoms with E-state index in [1.54, 1.807) is 17.9 Å². The number of methoxy groups -OCH3 is 1. The molecule has 2 aromatic rings. The topological polar surface area (TPSA) is 65.1 Å². The second-order valence-corrected chi connectivity index (χ2v) is 6.01. The maximum atomic E-state index is 6.15. The number of nitrogens with one attached hydrogen (secondary N) is 1. The predicted octanol–water partition coefficient (Wildman–Crippen LogP) is 3.05. The van der Waals surface area contributed by atoms with Crippen LogP contribution >= 0.6 is 23.8 Å². The molecule has 0 amide bonds. The van der Waals surface area contributed by atoms with Crippen LogP contribution in [0, 0.1) is 0 Å². The van der Waals surface area contributed by atoms with Gasteiger partial charge in [-0.1, -0.05) is 11.6 Å². The van der Waals surface area contributed by atoms with Gasteiger partial charge in [-0.25, -0.2) is 0 Å². The fraction of sp³-hybridized carbons (Fsp3) is 0.333. The van der Waals surface area contributed by atoms with Crippen LogP contribution in [0.5, 0.6) is 5.75 Å². The molecule has 5 nitrogen and oxygen atoms in total. The number of aromatic nitrogens is 2. The van der Waals surface area contributed by atoms with Crippen molar-refractivity contribution < 1.29 is 4.74 Å². The normalized spacial score (nSPS) is 13.9. The van der Waals surface area contributed by atoms with Crippen molar-refractivity contribution in [2.24, 2.45) is 5.73 Å². The summed E-state index contributed by atoms with van der Waals surface area (Å²) >= 11 is 11.3. The van der Waals surface area contributed by atoms with Crippen LogP contribution in [-0.4, -0.2) is 28.5 Å². The number of benzene rings is 1. The van der Waals surface area contributed by atoms with Gasteiger partial charge >= 0.3 is 0 Å². The first kappa shape index (κ1) is 15.1. The van der Waals surface area contributed by atoms with Crippen LogP contribution in [0.4, 0.5) is 5.82 Å². The standard InChI is InChI=1S/C15H17ClN4OS/c1-21-12-6-5-9(16)8-11(12)13-10-4-2-3-7-18-14(10)20(19-13)15(17)22/h5-6,8,18H,2-4,7H2,1H3,(H2,17,22). The van der Waals surface area contributed by atoms with Gasteiger partial charge in [-0.05, 0) is 49.7 Å². The van der Waals surface area contributed by atoms with E-state index in [1.807, 2.05) is 12.1 Å². The Hall–Kier alpha value is -1.79. The third-order valence-electron chi connectivity index (χ3n) is 3.75. The highest BCUT2D eigenvalue weighted by Gasteiger charge is 2.23. The van der Waals surface area contributed by atoms with Crippen molar-refractivity contribution in [2.45, 2.75) is 19.3 Å². The van der Waals surface area contributed by atoms with Gasteiger partial charge in [-0.3, -0.25) is 0 Å². The van der Waals surface area contributed by atoms with E-state index >= 15 is 0 Å². The Balaban J connectivity index is 2.23. The predicted molar refractivity (Wildman–Crippen MR) is 92.8 cm³/mol. The lowest BCUT2D eigenvalue weighted by Crippen LogP contribution is -2.22. The molecule has 0 atom stereocenters. The lowest BCUT2D eigenvalue weighted by Gasteiger charge is -2.08. The van der Waals surface area contributed by atoms with Gasteiger partial charge in [0.2, 0.25) is 0 Å². The number of thiocarbonyl (C=S) groups is 1. The summed E-state index contributed by atoms with van der Waals surface area (Å²) in [5.74, 6) is 1.60.